The first-order valence-electron chi connectivity index (χ1n) is 6.72. The summed E-state index contributed by atoms with van der Waals surface area (Å²) in [5, 5.41) is 0.626. The van der Waals surface area contributed by atoms with Crippen LogP contribution in [0.15, 0.2) is 18.2 Å². The predicted molar refractivity (Wildman–Crippen MR) is 81.9 cm³/mol. The molecule has 1 aliphatic rings. The van der Waals surface area contributed by atoms with Crippen molar-refractivity contribution < 1.29 is 4.39 Å². The minimum Gasteiger partial charge on any atom is -0.330 e. The molecule has 1 saturated carbocycles. The fourth-order valence-electron chi connectivity index (χ4n) is 3.04. The average molecular weight is 296 g/mol. The summed E-state index contributed by atoms with van der Waals surface area (Å²) in [5.74, 6) is 0.910. The van der Waals surface area contributed by atoms with E-state index in [9.17, 15) is 4.39 Å². The van der Waals surface area contributed by atoms with Crippen molar-refractivity contribution in [1.82, 2.24) is 9.55 Å². The third kappa shape index (κ3) is 2.34. The second-order valence-corrected chi connectivity index (χ2v) is 6.86. The number of aromatic amines is 1. The molecule has 102 valence electrons. The van der Waals surface area contributed by atoms with E-state index in [0.717, 1.165) is 23.2 Å². The first-order valence-corrected chi connectivity index (χ1v) is 8.17. The molecule has 2 unspecified atom stereocenters. The first-order chi connectivity index (χ1) is 9.20. The number of nitrogens with one attached hydrogen (secondary N) is 1. The summed E-state index contributed by atoms with van der Waals surface area (Å²) in [6, 6.07) is 5.32. The molecule has 1 N–H and O–H groups in total. The van der Waals surface area contributed by atoms with Crippen LogP contribution in [-0.2, 0) is 0 Å². The van der Waals surface area contributed by atoms with Gasteiger partial charge < -0.3 is 9.55 Å². The molecule has 0 amide bonds. The van der Waals surface area contributed by atoms with Gasteiger partial charge in [0.1, 0.15) is 5.82 Å². The molecule has 1 fully saturated rings. The molecule has 3 rings (SSSR count). The normalized spacial score (nSPS) is 23.3. The number of hydrogen-bond donors (Lipinski definition) is 1. The number of nitrogens with zero attached hydrogens (tertiary/aromatic N) is 1. The lowest BCUT2D eigenvalue weighted by Gasteiger charge is -2.21. The van der Waals surface area contributed by atoms with Crippen molar-refractivity contribution in [3.05, 3.63) is 28.8 Å². The van der Waals surface area contributed by atoms with Crippen molar-refractivity contribution in [2.45, 2.75) is 37.5 Å². The van der Waals surface area contributed by atoms with Gasteiger partial charge in [0.15, 0.2) is 4.77 Å². The van der Waals surface area contributed by atoms with Crippen molar-refractivity contribution in [3.8, 4) is 0 Å². The van der Waals surface area contributed by atoms with E-state index in [1.54, 1.807) is 0 Å². The number of benzene rings is 1. The van der Waals surface area contributed by atoms with Crippen LogP contribution in [-0.4, -0.2) is 20.6 Å². The van der Waals surface area contributed by atoms with Gasteiger partial charge >= 0.3 is 0 Å². The molecular formula is C14H17FN2S2. The van der Waals surface area contributed by atoms with E-state index in [4.69, 9.17) is 12.2 Å². The number of H-pyrrole nitrogens is 1. The minimum atomic E-state index is -0.221. The van der Waals surface area contributed by atoms with E-state index in [-0.39, 0.29) is 5.82 Å². The Morgan fingerprint density at radius 1 is 1.47 bits per heavy atom. The fourth-order valence-corrected chi connectivity index (χ4v) is 4.63. The van der Waals surface area contributed by atoms with E-state index in [0.29, 0.717) is 16.1 Å². The van der Waals surface area contributed by atoms with Gasteiger partial charge in [0.25, 0.3) is 0 Å². The van der Waals surface area contributed by atoms with Crippen LogP contribution in [0.2, 0.25) is 0 Å². The van der Waals surface area contributed by atoms with Crippen molar-refractivity contribution >= 4 is 35.0 Å². The van der Waals surface area contributed by atoms with E-state index in [2.05, 4.69) is 16.5 Å². The monoisotopic (exact) mass is 296 g/mol. The summed E-state index contributed by atoms with van der Waals surface area (Å²) < 4.78 is 16.2. The van der Waals surface area contributed by atoms with Crippen LogP contribution >= 0.6 is 24.0 Å². The van der Waals surface area contributed by atoms with Crippen molar-refractivity contribution in [2.24, 2.45) is 0 Å². The summed E-state index contributed by atoms with van der Waals surface area (Å²) >= 11 is 7.46. The highest BCUT2D eigenvalue weighted by atomic mass is 32.2. The highest BCUT2D eigenvalue weighted by molar-refractivity contribution is 7.99. The molecule has 19 heavy (non-hydrogen) atoms. The molecule has 2 atom stereocenters. The van der Waals surface area contributed by atoms with Crippen molar-refractivity contribution in [1.29, 1.82) is 0 Å². The van der Waals surface area contributed by atoms with E-state index >= 15 is 0 Å². The maximum Gasteiger partial charge on any atom is 0.178 e. The molecular weight excluding hydrogens is 279 g/mol. The predicted octanol–water partition coefficient (Wildman–Crippen LogP) is 4.68. The maximum atomic E-state index is 13.3. The van der Waals surface area contributed by atoms with Crippen LogP contribution in [0.1, 0.15) is 32.2 Å². The Morgan fingerprint density at radius 2 is 2.32 bits per heavy atom. The summed E-state index contributed by atoms with van der Waals surface area (Å²) in [5.41, 5.74) is 1.83. The molecule has 0 spiro atoms. The second-order valence-electron chi connectivity index (χ2n) is 4.95. The van der Waals surface area contributed by atoms with E-state index in [1.807, 2.05) is 17.8 Å². The van der Waals surface area contributed by atoms with Gasteiger partial charge in [-0.3, -0.25) is 0 Å². The first kappa shape index (κ1) is 13.2. The van der Waals surface area contributed by atoms with Gasteiger partial charge in [-0.1, -0.05) is 13.3 Å². The zero-order valence-electron chi connectivity index (χ0n) is 10.9. The SMILES string of the molecule is CCSC1CCCC1n1c(=S)[nH]c2cc(F)ccc21. The van der Waals surface area contributed by atoms with Gasteiger partial charge in [0.05, 0.1) is 11.0 Å². The Labute approximate surface area is 121 Å². The summed E-state index contributed by atoms with van der Waals surface area (Å²) in [7, 11) is 0. The molecule has 0 aliphatic heterocycles. The third-order valence-electron chi connectivity index (χ3n) is 3.81. The Bertz CT molecular complexity index is 646. The number of halogens is 1. The lowest BCUT2D eigenvalue weighted by Crippen LogP contribution is -2.16. The number of thioether (sulfide) groups is 1. The summed E-state index contributed by atoms with van der Waals surface area (Å²) in [6.07, 6.45) is 3.66. The molecule has 5 heteroatoms. The number of rotatable bonds is 3. The smallest absolute Gasteiger partial charge is 0.178 e. The van der Waals surface area contributed by atoms with Crippen LogP contribution in [0.3, 0.4) is 0 Å². The van der Waals surface area contributed by atoms with Crippen LogP contribution in [0.25, 0.3) is 11.0 Å². The highest BCUT2D eigenvalue weighted by Gasteiger charge is 2.30. The molecule has 1 aliphatic carbocycles. The molecule has 1 aromatic heterocycles. The van der Waals surface area contributed by atoms with Crippen LogP contribution < -0.4 is 0 Å². The van der Waals surface area contributed by atoms with Crippen LogP contribution in [0.4, 0.5) is 4.39 Å². The van der Waals surface area contributed by atoms with Crippen LogP contribution in [0, 0.1) is 10.6 Å². The van der Waals surface area contributed by atoms with Gasteiger partial charge in [-0.05, 0) is 49.0 Å². The van der Waals surface area contributed by atoms with Gasteiger partial charge in [-0.15, -0.1) is 0 Å². The van der Waals surface area contributed by atoms with Gasteiger partial charge in [0.2, 0.25) is 0 Å². The maximum absolute atomic E-state index is 13.3. The highest BCUT2D eigenvalue weighted by Crippen LogP contribution is 2.40. The number of hydrogen-bond acceptors (Lipinski definition) is 2. The van der Waals surface area contributed by atoms with Crippen molar-refractivity contribution in [3.63, 3.8) is 0 Å². The largest absolute Gasteiger partial charge is 0.330 e. The average Bonchev–Trinajstić information content (AvgIpc) is 2.92. The Kier molecular flexibility index (Phi) is 3.67. The minimum absolute atomic E-state index is 0.221. The number of imidazole rings is 1. The van der Waals surface area contributed by atoms with Gasteiger partial charge in [-0.25, -0.2) is 4.39 Å². The van der Waals surface area contributed by atoms with Gasteiger partial charge in [-0.2, -0.15) is 11.8 Å². The fraction of sp³-hybridized carbons (Fsp3) is 0.500. The molecule has 0 radical (unpaired) electrons. The molecule has 2 aromatic rings. The lowest BCUT2D eigenvalue weighted by molar-refractivity contribution is 0.536. The van der Waals surface area contributed by atoms with Crippen molar-refractivity contribution in [2.75, 3.05) is 5.75 Å². The zero-order valence-corrected chi connectivity index (χ0v) is 12.5. The quantitative estimate of drug-likeness (QED) is 0.830. The Balaban J connectivity index is 2.09. The number of fused-ring (bicyclic) bond motifs is 1. The zero-order chi connectivity index (χ0) is 13.4. The topological polar surface area (TPSA) is 20.7 Å². The molecule has 1 aromatic carbocycles. The Morgan fingerprint density at radius 3 is 3.11 bits per heavy atom. The Hall–Kier alpha value is -0.810. The van der Waals surface area contributed by atoms with Gasteiger partial charge in [0, 0.05) is 11.3 Å². The molecule has 0 saturated heterocycles. The molecule has 0 bridgehead atoms. The summed E-state index contributed by atoms with van der Waals surface area (Å²) in [6.45, 7) is 2.20. The third-order valence-corrected chi connectivity index (χ3v) is 5.42. The second kappa shape index (κ2) is 5.29. The lowest BCUT2D eigenvalue weighted by atomic mass is 10.2. The summed E-state index contributed by atoms with van der Waals surface area (Å²) in [4.78, 5) is 3.14. The molecule has 1 heterocycles. The van der Waals surface area contributed by atoms with Crippen LogP contribution in [0.5, 0.6) is 0 Å². The molecule has 2 nitrogen and oxygen atoms in total. The van der Waals surface area contributed by atoms with E-state index < -0.39 is 0 Å². The standard InChI is InChI=1S/C14H17FN2S2/c1-2-19-13-5-3-4-12(13)17-11-7-6-9(15)8-10(11)16-14(17)18/h6-8,12-13H,2-5H2,1H3,(H,16,18). The van der Waals surface area contributed by atoms with E-state index in [1.165, 1.54) is 25.0 Å². The number of aromatic nitrogens is 2.